The fourth-order valence-electron chi connectivity index (χ4n) is 2.63. The molecule has 1 aromatic heterocycles. The average Bonchev–Trinajstić information content (AvgIpc) is 3.27. The van der Waals surface area contributed by atoms with Gasteiger partial charge in [-0.15, -0.1) is 0 Å². The minimum Gasteiger partial charge on any atom is -0.314 e. The van der Waals surface area contributed by atoms with Crippen LogP contribution in [0.15, 0.2) is 36.7 Å². The first-order valence-corrected chi connectivity index (χ1v) is 7.31. The van der Waals surface area contributed by atoms with Crippen LogP contribution in [0.25, 0.3) is 10.8 Å². The molecular formula is C17H22N2. The Kier molecular flexibility index (Phi) is 3.52. The molecule has 100 valence electrons. The Hall–Kier alpha value is -1.41. The van der Waals surface area contributed by atoms with E-state index >= 15 is 0 Å². The van der Waals surface area contributed by atoms with Gasteiger partial charge in [-0.3, -0.25) is 4.98 Å². The van der Waals surface area contributed by atoms with E-state index in [1.807, 2.05) is 12.4 Å². The van der Waals surface area contributed by atoms with Gasteiger partial charge in [0.05, 0.1) is 0 Å². The first kappa shape index (κ1) is 12.6. The second-order valence-corrected chi connectivity index (χ2v) is 5.90. The first-order chi connectivity index (χ1) is 9.25. The van der Waals surface area contributed by atoms with Crippen LogP contribution in [-0.4, -0.2) is 17.6 Å². The molecule has 3 rings (SSSR count). The summed E-state index contributed by atoms with van der Waals surface area (Å²) < 4.78 is 0. The highest BCUT2D eigenvalue weighted by molar-refractivity contribution is 5.85. The summed E-state index contributed by atoms with van der Waals surface area (Å²) in [6.07, 6.45) is 6.72. The molecule has 2 unspecified atom stereocenters. The lowest BCUT2D eigenvalue weighted by Crippen LogP contribution is -2.26. The van der Waals surface area contributed by atoms with Crippen LogP contribution in [0.4, 0.5) is 0 Å². The van der Waals surface area contributed by atoms with Crippen molar-refractivity contribution in [3.8, 4) is 0 Å². The molecule has 1 N–H and O–H groups in total. The van der Waals surface area contributed by atoms with Crippen molar-refractivity contribution in [1.29, 1.82) is 0 Å². The number of rotatable bonds is 5. The van der Waals surface area contributed by atoms with E-state index in [1.54, 1.807) is 0 Å². The molecule has 0 saturated heterocycles. The molecule has 1 aliphatic carbocycles. The normalized spacial score (nSPS) is 18.4. The number of pyridine rings is 1. The zero-order valence-electron chi connectivity index (χ0n) is 11.8. The second kappa shape index (κ2) is 5.30. The second-order valence-electron chi connectivity index (χ2n) is 5.90. The summed E-state index contributed by atoms with van der Waals surface area (Å²) in [5.41, 5.74) is 1.38. The predicted molar refractivity (Wildman–Crippen MR) is 80.3 cm³/mol. The molecule has 2 heteroatoms. The zero-order chi connectivity index (χ0) is 13.2. The predicted octanol–water partition coefficient (Wildman–Crippen LogP) is 3.73. The lowest BCUT2D eigenvalue weighted by molar-refractivity contribution is 0.447. The van der Waals surface area contributed by atoms with Crippen molar-refractivity contribution in [3.05, 3.63) is 42.2 Å². The van der Waals surface area contributed by atoms with Crippen LogP contribution in [-0.2, 0) is 0 Å². The number of nitrogens with zero attached hydrogens (tertiary/aromatic N) is 1. The zero-order valence-corrected chi connectivity index (χ0v) is 11.8. The average molecular weight is 254 g/mol. The smallest absolute Gasteiger partial charge is 0.0346 e. The number of benzene rings is 1. The molecule has 1 saturated carbocycles. The van der Waals surface area contributed by atoms with E-state index < -0.39 is 0 Å². The van der Waals surface area contributed by atoms with Crippen molar-refractivity contribution in [2.75, 3.05) is 6.54 Å². The maximum atomic E-state index is 4.40. The third-order valence-electron chi connectivity index (χ3n) is 4.35. The van der Waals surface area contributed by atoms with Crippen molar-refractivity contribution < 1.29 is 0 Å². The number of nitrogens with one attached hydrogen (secondary N) is 1. The third-order valence-corrected chi connectivity index (χ3v) is 4.35. The van der Waals surface area contributed by atoms with Crippen LogP contribution in [0.2, 0.25) is 0 Å². The van der Waals surface area contributed by atoms with Crippen LogP contribution >= 0.6 is 0 Å². The molecule has 2 atom stereocenters. The molecule has 0 radical (unpaired) electrons. The lowest BCUT2D eigenvalue weighted by atomic mass is 9.87. The summed E-state index contributed by atoms with van der Waals surface area (Å²) in [6.45, 7) is 5.76. The van der Waals surface area contributed by atoms with Gasteiger partial charge in [-0.25, -0.2) is 0 Å². The van der Waals surface area contributed by atoms with Gasteiger partial charge in [-0.05, 0) is 42.2 Å². The van der Waals surface area contributed by atoms with Crippen molar-refractivity contribution in [2.45, 2.75) is 38.6 Å². The van der Waals surface area contributed by atoms with Crippen LogP contribution in [0, 0.1) is 5.92 Å². The van der Waals surface area contributed by atoms with Gasteiger partial charge in [0.1, 0.15) is 0 Å². The fraction of sp³-hybridized carbons (Fsp3) is 0.471. The summed E-state index contributed by atoms with van der Waals surface area (Å²) in [7, 11) is 0. The monoisotopic (exact) mass is 254 g/mol. The molecule has 0 bridgehead atoms. The number of fused-ring (bicyclic) bond motifs is 1. The Morgan fingerprint density at radius 1 is 1.21 bits per heavy atom. The summed E-state index contributed by atoms with van der Waals surface area (Å²) in [4.78, 5) is 4.40. The quantitative estimate of drug-likeness (QED) is 0.879. The van der Waals surface area contributed by atoms with E-state index in [0.29, 0.717) is 11.8 Å². The Labute approximate surface area is 115 Å². The molecule has 1 heterocycles. The van der Waals surface area contributed by atoms with Gasteiger partial charge in [-0.2, -0.15) is 0 Å². The van der Waals surface area contributed by atoms with Gasteiger partial charge in [0.25, 0.3) is 0 Å². The fourth-order valence-corrected chi connectivity index (χ4v) is 2.63. The van der Waals surface area contributed by atoms with E-state index in [9.17, 15) is 0 Å². The summed E-state index contributed by atoms with van der Waals surface area (Å²) in [5, 5.41) is 6.23. The molecular weight excluding hydrogens is 232 g/mol. The van der Waals surface area contributed by atoms with Crippen molar-refractivity contribution >= 4 is 10.8 Å². The van der Waals surface area contributed by atoms with E-state index in [2.05, 4.69) is 48.4 Å². The SMILES string of the molecule is CC(CNC1CC1)C(C)c1cncc2ccccc12. The minimum atomic E-state index is 0.532. The molecule has 1 aromatic carbocycles. The summed E-state index contributed by atoms with van der Waals surface area (Å²) >= 11 is 0. The van der Waals surface area contributed by atoms with Crippen molar-refractivity contribution in [3.63, 3.8) is 0 Å². The number of aromatic nitrogens is 1. The topological polar surface area (TPSA) is 24.9 Å². The van der Waals surface area contributed by atoms with Crippen LogP contribution in [0.5, 0.6) is 0 Å². The molecule has 0 amide bonds. The first-order valence-electron chi connectivity index (χ1n) is 7.31. The number of hydrogen-bond donors (Lipinski definition) is 1. The Bertz CT molecular complexity index is 555. The summed E-state index contributed by atoms with van der Waals surface area (Å²) in [6, 6.07) is 9.35. The van der Waals surface area contributed by atoms with E-state index in [1.165, 1.54) is 29.2 Å². The molecule has 1 aliphatic rings. The van der Waals surface area contributed by atoms with Gasteiger partial charge in [0, 0.05) is 23.8 Å². The van der Waals surface area contributed by atoms with E-state index in [4.69, 9.17) is 0 Å². The molecule has 0 spiro atoms. The van der Waals surface area contributed by atoms with Crippen LogP contribution in [0.3, 0.4) is 0 Å². The maximum Gasteiger partial charge on any atom is 0.0346 e. The van der Waals surface area contributed by atoms with Gasteiger partial charge in [0.15, 0.2) is 0 Å². The highest BCUT2D eigenvalue weighted by atomic mass is 14.9. The molecule has 19 heavy (non-hydrogen) atoms. The van der Waals surface area contributed by atoms with Gasteiger partial charge in [0.2, 0.25) is 0 Å². The Balaban J connectivity index is 1.81. The number of hydrogen-bond acceptors (Lipinski definition) is 2. The van der Waals surface area contributed by atoms with Gasteiger partial charge < -0.3 is 5.32 Å². The molecule has 1 fully saturated rings. The minimum absolute atomic E-state index is 0.532. The standard InChI is InChI=1S/C17H22N2/c1-12(9-19-15-7-8-15)13(2)17-11-18-10-14-5-3-4-6-16(14)17/h3-6,10-13,15,19H,7-9H2,1-2H3. The van der Waals surface area contributed by atoms with E-state index in [-0.39, 0.29) is 0 Å². The highest BCUT2D eigenvalue weighted by Crippen LogP contribution is 2.30. The largest absolute Gasteiger partial charge is 0.314 e. The van der Waals surface area contributed by atoms with Crippen molar-refractivity contribution in [1.82, 2.24) is 10.3 Å². The molecule has 0 aliphatic heterocycles. The summed E-state index contributed by atoms with van der Waals surface area (Å²) in [5.74, 6) is 1.16. The van der Waals surface area contributed by atoms with Crippen LogP contribution < -0.4 is 5.32 Å². The van der Waals surface area contributed by atoms with Gasteiger partial charge in [-0.1, -0.05) is 38.1 Å². The highest BCUT2D eigenvalue weighted by Gasteiger charge is 2.23. The van der Waals surface area contributed by atoms with E-state index in [0.717, 1.165) is 12.6 Å². The van der Waals surface area contributed by atoms with Crippen molar-refractivity contribution in [2.24, 2.45) is 5.92 Å². The Morgan fingerprint density at radius 2 is 2.00 bits per heavy atom. The molecule has 2 aromatic rings. The lowest BCUT2D eigenvalue weighted by Gasteiger charge is -2.22. The third kappa shape index (κ3) is 2.79. The van der Waals surface area contributed by atoms with Gasteiger partial charge >= 0.3 is 0 Å². The van der Waals surface area contributed by atoms with Crippen LogP contribution in [0.1, 0.15) is 38.2 Å². The maximum absolute atomic E-state index is 4.40. The Morgan fingerprint density at radius 3 is 2.79 bits per heavy atom. The molecule has 2 nitrogen and oxygen atoms in total.